The topological polar surface area (TPSA) is 32.5 Å². The number of nitrogens with zero attached hydrogens (tertiary/aromatic N) is 2. The van der Waals surface area contributed by atoms with Crippen LogP contribution in [0, 0.1) is 0 Å². The number of piperazine rings is 1. The van der Waals surface area contributed by atoms with E-state index >= 15 is 0 Å². The van der Waals surface area contributed by atoms with Gasteiger partial charge < -0.3 is 10.6 Å². The Labute approximate surface area is 108 Å². The molecule has 0 saturated carbocycles. The molecule has 1 fully saturated rings. The van der Waals surface area contributed by atoms with Gasteiger partial charge in [-0.2, -0.15) is 0 Å². The molecule has 0 unspecified atom stereocenters. The molecule has 0 aliphatic carbocycles. The highest BCUT2D eigenvalue weighted by molar-refractivity contribution is 7.80. The van der Waals surface area contributed by atoms with E-state index < -0.39 is 0 Å². The van der Waals surface area contributed by atoms with Gasteiger partial charge in [0, 0.05) is 32.7 Å². The van der Waals surface area contributed by atoms with E-state index in [0.29, 0.717) is 5.11 Å². The summed E-state index contributed by atoms with van der Waals surface area (Å²) in [7, 11) is 0. The van der Waals surface area contributed by atoms with E-state index in [-0.39, 0.29) is 0 Å². The molecule has 17 heavy (non-hydrogen) atoms. The molecule has 1 saturated heterocycles. The SMILES string of the molecule is NC(=S)N1CCN(CCc2ccccc2)CC1. The minimum absolute atomic E-state index is 0.535. The van der Waals surface area contributed by atoms with Crippen LogP contribution in [0.3, 0.4) is 0 Å². The fraction of sp³-hybridized carbons (Fsp3) is 0.462. The Bertz CT molecular complexity index is 358. The highest BCUT2D eigenvalue weighted by Gasteiger charge is 2.16. The molecule has 0 radical (unpaired) electrons. The van der Waals surface area contributed by atoms with Crippen molar-refractivity contribution in [3.8, 4) is 0 Å². The van der Waals surface area contributed by atoms with Crippen LogP contribution in [0.25, 0.3) is 0 Å². The first kappa shape index (κ1) is 12.3. The second-order valence-electron chi connectivity index (χ2n) is 4.40. The first-order valence-corrected chi connectivity index (χ1v) is 6.47. The van der Waals surface area contributed by atoms with Crippen LogP contribution in [0.1, 0.15) is 5.56 Å². The van der Waals surface area contributed by atoms with Crippen LogP contribution in [-0.4, -0.2) is 47.6 Å². The van der Waals surface area contributed by atoms with Crippen LogP contribution >= 0.6 is 12.2 Å². The predicted molar refractivity (Wildman–Crippen MR) is 74.9 cm³/mol. The average Bonchev–Trinajstić information content (AvgIpc) is 2.38. The molecule has 1 aromatic carbocycles. The van der Waals surface area contributed by atoms with Crippen molar-refractivity contribution in [3.63, 3.8) is 0 Å². The Morgan fingerprint density at radius 2 is 1.76 bits per heavy atom. The third kappa shape index (κ3) is 3.68. The molecule has 0 bridgehead atoms. The molecule has 1 aromatic rings. The van der Waals surface area contributed by atoms with E-state index in [4.69, 9.17) is 18.0 Å². The lowest BCUT2D eigenvalue weighted by molar-refractivity contribution is 0.185. The standard InChI is InChI=1S/C13H19N3S/c14-13(17)16-10-8-15(9-11-16)7-6-12-4-2-1-3-5-12/h1-5H,6-11H2,(H2,14,17). The summed E-state index contributed by atoms with van der Waals surface area (Å²) in [5.74, 6) is 0. The van der Waals surface area contributed by atoms with Gasteiger partial charge in [-0.3, -0.25) is 4.90 Å². The summed E-state index contributed by atoms with van der Waals surface area (Å²) in [5.41, 5.74) is 7.02. The molecule has 1 heterocycles. The maximum absolute atomic E-state index is 5.62. The van der Waals surface area contributed by atoms with E-state index in [1.807, 2.05) is 0 Å². The Morgan fingerprint density at radius 1 is 1.12 bits per heavy atom. The van der Waals surface area contributed by atoms with Crippen molar-refractivity contribution in [3.05, 3.63) is 35.9 Å². The maximum Gasteiger partial charge on any atom is 0.166 e. The van der Waals surface area contributed by atoms with Gasteiger partial charge in [-0.25, -0.2) is 0 Å². The van der Waals surface area contributed by atoms with Gasteiger partial charge in [-0.05, 0) is 24.2 Å². The van der Waals surface area contributed by atoms with Crippen molar-refractivity contribution in [2.45, 2.75) is 6.42 Å². The van der Waals surface area contributed by atoms with Gasteiger partial charge in [0.1, 0.15) is 0 Å². The second-order valence-corrected chi connectivity index (χ2v) is 4.82. The van der Waals surface area contributed by atoms with Gasteiger partial charge in [0.2, 0.25) is 0 Å². The highest BCUT2D eigenvalue weighted by Crippen LogP contribution is 2.05. The molecular weight excluding hydrogens is 230 g/mol. The Balaban J connectivity index is 1.74. The van der Waals surface area contributed by atoms with Crippen molar-refractivity contribution in [2.75, 3.05) is 32.7 Å². The zero-order chi connectivity index (χ0) is 12.1. The number of nitrogens with two attached hydrogens (primary N) is 1. The summed E-state index contributed by atoms with van der Waals surface area (Å²) in [5, 5.41) is 0.535. The minimum Gasteiger partial charge on any atom is -0.376 e. The van der Waals surface area contributed by atoms with E-state index in [1.165, 1.54) is 5.56 Å². The smallest absolute Gasteiger partial charge is 0.166 e. The molecule has 2 N–H and O–H groups in total. The highest BCUT2D eigenvalue weighted by atomic mass is 32.1. The molecule has 1 aliphatic rings. The molecule has 4 heteroatoms. The molecule has 92 valence electrons. The number of hydrogen-bond acceptors (Lipinski definition) is 2. The van der Waals surface area contributed by atoms with Crippen LogP contribution in [-0.2, 0) is 6.42 Å². The summed E-state index contributed by atoms with van der Waals surface area (Å²) >= 11 is 4.98. The van der Waals surface area contributed by atoms with E-state index in [1.54, 1.807) is 0 Å². The number of rotatable bonds is 3. The average molecular weight is 249 g/mol. The first-order valence-electron chi connectivity index (χ1n) is 6.06. The lowest BCUT2D eigenvalue weighted by Crippen LogP contribution is -2.50. The third-order valence-corrected chi connectivity index (χ3v) is 3.50. The van der Waals surface area contributed by atoms with Gasteiger partial charge >= 0.3 is 0 Å². The molecule has 0 aromatic heterocycles. The summed E-state index contributed by atoms with van der Waals surface area (Å²) in [6.45, 7) is 5.16. The summed E-state index contributed by atoms with van der Waals surface area (Å²) in [6.07, 6.45) is 1.12. The second kappa shape index (κ2) is 5.98. The predicted octanol–water partition coefficient (Wildman–Crippen LogP) is 1.09. The van der Waals surface area contributed by atoms with Crippen molar-refractivity contribution in [2.24, 2.45) is 5.73 Å². The Hall–Kier alpha value is -1.13. The number of benzene rings is 1. The molecular formula is C13H19N3S. The van der Waals surface area contributed by atoms with Gasteiger partial charge in [0.15, 0.2) is 5.11 Å². The molecule has 0 atom stereocenters. The number of thiocarbonyl (C=S) groups is 1. The number of hydrogen-bond donors (Lipinski definition) is 1. The van der Waals surface area contributed by atoms with E-state index in [0.717, 1.165) is 39.1 Å². The van der Waals surface area contributed by atoms with Crippen molar-refractivity contribution in [1.82, 2.24) is 9.80 Å². The zero-order valence-corrected chi connectivity index (χ0v) is 10.8. The van der Waals surface area contributed by atoms with E-state index in [2.05, 4.69) is 40.1 Å². The van der Waals surface area contributed by atoms with Gasteiger partial charge in [0.25, 0.3) is 0 Å². The fourth-order valence-electron chi connectivity index (χ4n) is 2.12. The van der Waals surface area contributed by atoms with Gasteiger partial charge in [-0.15, -0.1) is 0 Å². The van der Waals surface area contributed by atoms with Gasteiger partial charge in [-0.1, -0.05) is 30.3 Å². The summed E-state index contributed by atoms with van der Waals surface area (Å²) in [6, 6.07) is 10.6. The maximum atomic E-state index is 5.62. The Morgan fingerprint density at radius 3 is 2.35 bits per heavy atom. The molecule has 1 aliphatic heterocycles. The van der Waals surface area contributed by atoms with Crippen LogP contribution in [0.4, 0.5) is 0 Å². The van der Waals surface area contributed by atoms with Crippen molar-refractivity contribution < 1.29 is 0 Å². The summed E-state index contributed by atoms with van der Waals surface area (Å²) in [4.78, 5) is 4.55. The molecule has 0 spiro atoms. The van der Waals surface area contributed by atoms with Crippen LogP contribution in [0.2, 0.25) is 0 Å². The zero-order valence-electron chi connectivity index (χ0n) is 10.0. The molecule has 3 nitrogen and oxygen atoms in total. The fourth-order valence-corrected chi connectivity index (χ4v) is 2.31. The lowest BCUT2D eigenvalue weighted by Gasteiger charge is -2.34. The Kier molecular flexibility index (Phi) is 4.34. The normalized spacial score (nSPS) is 17.1. The van der Waals surface area contributed by atoms with Crippen LogP contribution in [0.5, 0.6) is 0 Å². The minimum atomic E-state index is 0.535. The van der Waals surface area contributed by atoms with Crippen LogP contribution < -0.4 is 5.73 Å². The van der Waals surface area contributed by atoms with E-state index in [9.17, 15) is 0 Å². The molecule has 0 amide bonds. The lowest BCUT2D eigenvalue weighted by atomic mass is 10.1. The van der Waals surface area contributed by atoms with Crippen LogP contribution in [0.15, 0.2) is 30.3 Å². The van der Waals surface area contributed by atoms with Crippen molar-refractivity contribution >= 4 is 17.3 Å². The molecule has 2 rings (SSSR count). The largest absolute Gasteiger partial charge is 0.376 e. The monoisotopic (exact) mass is 249 g/mol. The third-order valence-electron chi connectivity index (χ3n) is 3.24. The quantitative estimate of drug-likeness (QED) is 0.813. The van der Waals surface area contributed by atoms with Crippen molar-refractivity contribution in [1.29, 1.82) is 0 Å². The van der Waals surface area contributed by atoms with Gasteiger partial charge in [0.05, 0.1) is 0 Å². The first-order chi connectivity index (χ1) is 8.25. The summed E-state index contributed by atoms with van der Waals surface area (Å²) < 4.78 is 0.